The summed E-state index contributed by atoms with van der Waals surface area (Å²) in [6.45, 7) is 2.89. The van der Waals surface area contributed by atoms with E-state index in [1.165, 1.54) is 13.8 Å². The third-order valence-electron chi connectivity index (χ3n) is 3.92. The fourth-order valence-electron chi connectivity index (χ4n) is 2.51. The maximum Gasteiger partial charge on any atom is 0.347 e. The Morgan fingerprint density at radius 2 is 1.81 bits per heavy atom. The number of anilines is 1. The van der Waals surface area contributed by atoms with Gasteiger partial charge in [-0.1, -0.05) is 29.3 Å². The molecule has 0 saturated carbocycles. The van der Waals surface area contributed by atoms with Gasteiger partial charge in [0.2, 0.25) is 0 Å². The minimum atomic E-state index is -1.44. The van der Waals surface area contributed by atoms with E-state index in [2.05, 4.69) is 5.32 Å². The van der Waals surface area contributed by atoms with E-state index in [9.17, 15) is 14.7 Å². The summed E-state index contributed by atoms with van der Waals surface area (Å²) in [5.74, 6) is -1.08. The zero-order valence-electron chi connectivity index (χ0n) is 14.0. The second kappa shape index (κ2) is 6.67. The number of hydrogen-bond acceptors (Lipinski definition) is 3. The van der Waals surface area contributed by atoms with Crippen molar-refractivity contribution in [3.63, 3.8) is 0 Å². The fourth-order valence-corrected chi connectivity index (χ4v) is 2.86. The summed E-state index contributed by atoms with van der Waals surface area (Å²) < 4.78 is 5.65. The Bertz CT molecular complexity index is 951. The van der Waals surface area contributed by atoms with Gasteiger partial charge in [-0.2, -0.15) is 0 Å². The van der Waals surface area contributed by atoms with Crippen molar-refractivity contribution in [2.45, 2.75) is 19.4 Å². The van der Waals surface area contributed by atoms with Crippen LogP contribution in [0.5, 0.6) is 5.75 Å². The molecule has 134 valence electrons. The molecule has 5 nitrogen and oxygen atoms in total. The molecule has 0 bridgehead atoms. The van der Waals surface area contributed by atoms with Crippen molar-refractivity contribution in [1.82, 2.24) is 0 Å². The highest BCUT2D eigenvalue weighted by Gasteiger charge is 2.31. The summed E-state index contributed by atoms with van der Waals surface area (Å²) in [5, 5.41) is 13.0. The first-order chi connectivity index (χ1) is 12.2. The van der Waals surface area contributed by atoms with Gasteiger partial charge in [-0.05, 0) is 50.3 Å². The normalized spacial score (nSPS) is 14.9. The summed E-state index contributed by atoms with van der Waals surface area (Å²) in [6, 6.07) is 9.89. The average Bonchev–Trinajstić information content (AvgIpc) is 2.84. The van der Waals surface area contributed by atoms with Crippen LogP contribution in [0.4, 0.5) is 5.69 Å². The Balaban J connectivity index is 2.08. The standard InChI is InChI=1S/C19H15Cl2NO4/c1-19(2,18(24)25)26-16-6-4-11(20)7-10(16)8-14-13-5-3-12(21)9-15(13)22-17(14)23/h3-9H,1-2H3,(H,22,23)(H,24,25). The van der Waals surface area contributed by atoms with Crippen LogP contribution in [0.3, 0.4) is 0 Å². The monoisotopic (exact) mass is 391 g/mol. The van der Waals surface area contributed by atoms with Crippen LogP contribution in [0.1, 0.15) is 25.0 Å². The van der Waals surface area contributed by atoms with E-state index in [-0.39, 0.29) is 5.91 Å². The number of hydrogen-bond donors (Lipinski definition) is 2. The van der Waals surface area contributed by atoms with E-state index in [0.29, 0.717) is 38.2 Å². The molecule has 3 rings (SSSR count). The van der Waals surface area contributed by atoms with Gasteiger partial charge in [-0.3, -0.25) is 4.79 Å². The second-order valence-electron chi connectivity index (χ2n) is 6.30. The molecule has 0 spiro atoms. The van der Waals surface area contributed by atoms with Crippen LogP contribution >= 0.6 is 23.2 Å². The van der Waals surface area contributed by atoms with Gasteiger partial charge in [0.05, 0.1) is 5.69 Å². The molecule has 0 fully saturated rings. The maximum absolute atomic E-state index is 12.3. The highest BCUT2D eigenvalue weighted by atomic mass is 35.5. The third kappa shape index (κ3) is 3.54. The average molecular weight is 392 g/mol. The van der Waals surface area contributed by atoms with Gasteiger partial charge in [0, 0.05) is 26.7 Å². The number of ether oxygens (including phenoxy) is 1. The SMILES string of the molecule is CC(C)(Oc1ccc(Cl)cc1C=C1C(=O)Nc2cc(Cl)ccc21)C(=O)O. The zero-order valence-corrected chi connectivity index (χ0v) is 15.5. The summed E-state index contributed by atoms with van der Waals surface area (Å²) >= 11 is 12.0. The molecule has 0 atom stereocenters. The molecular formula is C19H15Cl2NO4. The minimum Gasteiger partial charge on any atom is -0.478 e. The van der Waals surface area contributed by atoms with Crippen LogP contribution in [-0.4, -0.2) is 22.6 Å². The van der Waals surface area contributed by atoms with Crippen molar-refractivity contribution in [2.75, 3.05) is 5.32 Å². The van der Waals surface area contributed by atoms with Crippen LogP contribution in [0.15, 0.2) is 36.4 Å². The van der Waals surface area contributed by atoms with E-state index < -0.39 is 11.6 Å². The molecule has 2 N–H and O–H groups in total. The quantitative estimate of drug-likeness (QED) is 0.738. The topological polar surface area (TPSA) is 75.6 Å². The number of carboxylic acid groups (broad SMARTS) is 1. The summed E-state index contributed by atoms with van der Waals surface area (Å²) in [7, 11) is 0. The van der Waals surface area contributed by atoms with Gasteiger partial charge in [-0.25, -0.2) is 4.79 Å². The number of carbonyl (C=O) groups excluding carboxylic acids is 1. The van der Waals surface area contributed by atoms with Crippen LogP contribution in [0, 0.1) is 0 Å². The van der Waals surface area contributed by atoms with Crippen LogP contribution < -0.4 is 10.1 Å². The lowest BCUT2D eigenvalue weighted by molar-refractivity contribution is -0.152. The number of amides is 1. The first-order valence-corrected chi connectivity index (χ1v) is 8.48. The summed E-state index contributed by atoms with van der Waals surface area (Å²) in [6.07, 6.45) is 1.62. The molecule has 0 aromatic heterocycles. The molecule has 1 heterocycles. The number of nitrogens with one attached hydrogen (secondary N) is 1. The van der Waals surface area contributed by atoms with Gasteiger partial charge in [0.15, 0.2) is 5.60 Å². The van der Waals surface area contributed by atoms with Crippen molar-refractivity contribution in [3.8, 4) is 5.75 Å². The molecule has 1 aliphatic rings. The molecule has 0 saturated heterocycles. The number of rotatable bonds is 4. The molecule has 0 unspecified atom stereocenters. The van der Waals surface area contributed by atoms with Crippen LogP contribution in [-0.2, 0) is 9.59 Å². The lowest BCUT2D eigenvalue weighted by atomic mass is 10.0. The van der Waals surface area contributed by atoms with Gasteiger partial charge in [-0.15, -0.1) is 0 Å². The number of aliphatic carboxylic acids is 1. The van der Waals surface area contributed by atoms with E-state index in [0.717, 1.165) is 0 Å². The Hall–Kier alpha value is -2.50. The zero-order chi connectivity index (χ0) is 19.1. The first kappa shape index (κ1) is 18.3. The predicted octanol–water partition coefficient (Wildman–Crippen LogP) is 4.73. The molecule has 1 amide bonds. The molecule has 2 aromatic rings. The molecule has 2 aromatic carbocycles. The van der Waals surface area contributed by atoms with E-state index in [1.807, 2.05) is 0 Å². The van der Waals surface area contributed by atoms with Crippen molar-refractivity contribution in [3.05, 3.63) is 57.6 Å². The lowest BCUT2D eigenvalue weighted by Crippen LogP contribution is -2.38. The van der Waals surface area contributed by atoms with Crippen molar-refractivity contribution in [2.24, 2.45) is 0 Å². The van der Waals surface area contributed by atoms with Crippen LogP contribution in [0.25, 0.3) is 11.6 Å². The van der Waals surface area contributed by atoms with E-state index in [4.69, 9.17) is 27.9 Å². The Labute approximate surface area is 160 Å². The highest BCUT2D eigenvalue weighted by molar-refractivity contribution is 6.37. The second-order valence-corrected chi connectivity index (χ2v) is 7.17. The largest absolute Gasteiger partial charge is 0.478 e. The number of benzene rings is 2. The fraction of sp³-hybridized carbons (Fsp3) is 0.158. The smallest absolute Gasteiger partial charge is 0.347 e. The van der Waals surface area contributed by atoms with Crippen molar-refractivity contribution in [1.29, 1.82) is 0 Å². The van der Waals surface area contributed by atoms with Gasteiger partial charge in [0.25, 0.3) is 5.91 Å². The number of carboxylic acids is 1. The van der Waals surface area contributed by atoms with E-state index >= 15 is 0 Å². The first-order valence-electron chi connectivity index (χ1n) is 7.72. The molecule has 0 aliphatic carbocycles. The highest BCUT2D eigenvalue weighted by Crippen LogP contribution is 2.37. The number of carbonyl (C=O) groups is 2. The molecule has 7 heteroatoms. The number of halogens is 2. The minimum absolute atomic E-state index is 0.286. The molecular weight excluding hydrogens is 377 g/mol. The number of fused-ring (bicyclic) bond motifs is 1. The molecule has 1 aliphatic heterocycles. The van der Waals surface area contributed by atoms with Gasteiger partial charge in [0.1, 0.15) is 5.75 Å². The molecule has 26 heavy (non-hydrogen) atoms. The lowest BCUT2D eigenvalue weighted by Gasteiger charge is -2.23. The third-order valence-corrected chi connectivity index (χ3v) is 4.39. The summed E-state index contributed by atoms with van der Waals surface area (Å²) in [5.41, 5.74) is 0.786. The Morgan fingerprint density at radius 1 is 1.15 bits per heavy atom. The van der Waals surface area contributed by atoms with Gasteiger partial charge < -0.3 is 15.2 Å². The Kier molecular flexibility index (Phi) is 4.69. The van der Waals surface area contributed by atoms with E-state index in [1.54, 1.807) is 42.5 Å². The van der Waals surface area contributed by atoms with Crippen molar-refractivity contribution >= 4 is 52.4 Å². The summed E-state index contributed by atoms with van der Waals surface area (Å²) in [4.78, 5) is 23.7. The Morgan fingerprint density at radius 3 is 2.50 bits per heavy atom. The van der Waals surface area contributed by atoms with Crippen LogP contribution in [0.2, 0.25) is 10.0 Å². The van der Waals surface area contributed by atoms with Crippen molar-refractivity contribution < 1.29 is 19.4 Å². The predicted molar refractivity (Wildman–Crippen MR) is 102 cm³/mol. The molecule has 0 radical (unpaired) electrons. The van der Waals surface area contributed by atoms with Gasteiger partial charge >= 0.3 is 5.97 Å². The maximum atomic E-state index is 12.3.